The third kappa shape index (κ3) is 3.07. The number of thioether (sulfide) groups is 1. The van der Waals surface area contributed by atoms with Crippen LogP contribution in [0.25, 0.3) is 0 Å². The number of hydrogen-bond donors (Lipinski definition) is 1. The van der Waals surface area contributed by atoms with Gasteiger partial charge >= 0.3 is 5.97 Å². The SMILES string of the molecule is O=C(O)c1ccccc1SCc1cncc(F)c1. The quantitative estimate of drug-likeness (QED) is 0.860. The van der Waals surface area contributed by atoms with Crippen LogP contribution >= 0.6 is 11.8 Å². The van der Waals surface area contributed by atoms with Crippen molar-refractivity contribution in [2.75, 3.05) is 0 Å². The molecule has 5 heteroatoms. The second-order valence-corrected chi connectivity index (χ2v) is 4.62. The molecule has 1 aromatic carbocycles. The van der Waals surface area contributed by atoms with Crippen molar-refractivity contribution in [3.05, 3.63) is 59.7 Å². The molecule has 2 aromatic rings. The van der Waals surface area contributed by atoms with E-state index < -0.39 is 5.97 Å². The lowest BCUT2D eigenvalue weighted by Gasteiger charge is -2.05. The molecule has 0 saturated heterocycles. The highest BCUT2D eigenvalue weighted by molar-refractivity contribution is 7.98. The van der Waals surface area contributed by atoms with Gasteiger partial charge in [-0.3, -0.25) is 4.98 Å². The van der Waals surface area contributed by atoms with Crippen LogP contribution in [0, 0.1) is 5.82 Å². The maximum absolute atomic E-state index is 12.9. The van der Waals surface area contributed by atoms with Crippen LogP contribution in [-0.4, -0.2) is 16.1 Å². The predicted octanol–water partition coefficient (Wildman–Crippen LogP) is 3.21. The molecule has 0 aliphatic rings. The first kappa shape index (κ1) is 12.6. The molecule has 0 atom stereocenters. The Morgan fingerprint density at radius 3 is 2.83 bits per heavy atom. The Bertz CT molecular complexity index is 574. The smallest absolute Gasteiger partial charge is 0.336 e. The number of aromatic carboxylic acids is 1. The topological polar surface area (TPSA) is 50.2 Å². The summed E-state index contributed by atoms with van der Waals surface area (Å²) in [6.45, 7) is 0. The van der Waals surface area contributed by atoms with E-state index in [1.165, 1.54) is 17.8 Å². The van der Waals surface area contributed by atoms with Crippen molar-refractivity contribution in [2.24, 2.45) is 0 Å². The number of carboxylic acid groups (broad SMARTS) is 1. The number of carbonyl (C=O) groups is 1. The average Bonchev–Trinajstić information content (AvgIpc) is 2.37. The van der Waals surface area contributed by atoms with E-state index in [0.717, 1.165) is 11.8 Å². The normalized spacial score (nSPS) is 10.3. The minimum atomic E-state index is -0.963. The van der Waals surface area contributed by atoms with Gasteiger partial charge in [-0.05, 0) is 23.8 Å². The lowest BCUT2D eigenvalue weighted by Crippen LogP contribution is -1.98. The molecule has 92 valence electrons. The highest BCUT2D eigenvalue weighted by Gasteiger charge is 2.09. The van der Waals surface area contributed by atoms with Gasteiger partial charge in [-0.25, -0.2) is 9.18 Å². The van der Waals surface area contributed by atoms with E-state index in [1.54, 1.807) is 30.5 Å². The molecular formula is C13H10FNO2S. The van der Waals surface area contributed by atoms with Crippen LogP contribution in [0.2, 0.25) is 0 Å². The van der Waals surface area contributed by atoms with Crippen molar-refractivity contribution in [3.8, 4) is 0 Å². The molecule has 0 spiro atoms. The molecule has 0 saturated carbocycles. The molecule has 1 heterocycles. The maximum Gasteiger partial charge on any atom is 0.336 e. The van der Waals surface area contributed by atoms with Crippen molar-refractivity contribution >= 4 is 17.7 Å². The minimum absolute atomic E-state index is 0.256. The van der Waals surface area contributed by atoms with Crippen molar-refractivity contribution in [1.29, 1.82) is 0 Å². The summed E-state index contributed by atoms with van der Waals surface area (Å²) in [7, 11) is 0. The molecule has 18 heavy (non-hydrogen) atoms. The molecule has 0 aliphatic carbocycles. The summed E-state index contributed by atoms with van der Waals surface area (Å²) in [6.07, 6.45) is 2.71. The fourth-order valence-electron chi connectivity index (χ4n) is 1.47. The van der Waals surface area contributed by atoms with Gasteiger partial charge in [-0.2, -0.15) is 0 Å². The number of hydrogen-bond acceptors (Lipinski definition) is 3. The summed E-state index contributed by atoms with van der Waals surface area (Å²) in [5, 5.41) is 9.02. The zero-order chi connectivity index (χ0) is 13.0. The van der Waals surface area contributed by atoms with E-state index in [1.807, 2.05) is 0 Å². The summed E-state index contributed by atoms with van der Waals surface area (Å²) in [5.74, 6) is -0.871. The molecule has 1 N–H and O–H groups in total. The largest absolute Gasteiger partial charge is 0.478 e. The highest BCUT2D eigenvalue weighted by Crippen LogP contribution is 2.26. The Balaban J connectivity index is 2.13. The summed E-state index contributed by atoms with van der Waals surface area (Å²) in [6, 6.07) is 8.13. The summed E-state index contributed by atoms with van der Waals surface area (Å²) in [4.78, 5) is 15.4. The zero-order valence-electron chi connectivity index (χ0n) is 9.34. The monoisotopic (exact) mass is 263 g/mol. The van der Waals surface area contributed by atoms with Crippen LogP contribution in [0.15, 0.2) is 47.6 Å². The molecule has 0 unspecified atom stereocenters. The van der Waals surface area contributed by atoms with Gasteiger partial charge in [-0.15, -0.1) is 11.8 Å². The summed E-state index contributed by atoms with van der Waals surface area (Å²) in [5.41, 5.74) is 0.979. The van der Waals surface area contributed by atoms with Crippen molar-refractivity contribution < 1.29 is 14.3 Å². The Morgan fingerprint density at radius 2 is 2.11 bits per heavy atom. The molecule has 0 bridgehead atoms. The van der Waals surface area contributed by atoms with E-state index in [9.17, 15) is 9.18 Å². The minimum Gasteiger partial charge on any atom is -0.478 e. The third-order valence-corrected chi connectivity index (χ3v) is 3.42. The van der Waals surface area contributed by atoms with E-state index in [4.69, 9.17) is 5.11 Å². The Hall–Kier alpha value is -1.88. The van der Waals surface area contributed by atoms with Gasteiger partial charge in [0.1, 0.15) is 5.82 Å². The molecule has 3 nitrogen and oxygen atoms in total. The number of benzene rings is 1. The van der Waals surface area contributed by atoms with Gasteiger partial charge in [-0.1, -0.05) is 12.1 Å². The Kier molecular flexibility index (Phi) is 3.94. The first-order chi connectivity index (χ1) is 8.66. The van der Waals surface area contributed by atoms with Crippen LogP contribution in [-0.2, 0) is 5.75 Å². The van der Waals surface area contributed by atoms with E-state index in [-0.39, 0.29) is 11.4 Å². The number of rotatable bonds is 4. The molecule has 0 aliphatic heterocycles. The number of pyridine rings is 1. The first-order valence-electron chi connectivity index (χ1n) is 5.21. The standard InChI is InChI=1S/C13H10FNO2S/c14-10-5-9(6-15-7-10)8-18-12-4-2-1-3-11(12)13(16)17/h1-7H,8H2,(H,16,17). The predicted molar refractivity (Wildman–Crippen MR) is 67.2 cm³/mol. The first-order valence-corrected chi connectivity index (χ1v) is 6.20. The average molecular weight is 263 g/mol. The maximum atomic E-state index is 12.9. The summed E-state index contributed by atoms with van der Waals surface area (Å²) >= 11 is 1.35. The fourth-order valence-corrected chi connectivity index (χ4v) is 2.43. The molecule has 1 aromatic heterocycles. The van der Waals surface area contributed by atoms with Crippen LogP contribution < -0.4 is 0 Å². The van der Waals surface area contributed by atoms with Crippen LogP contribution in [0.5, 0.6) is 0 Å². The van der Waals surface area contributed by atoms with Crippen LogP contribution in [0.4, 0.5) is 4.39 Å². The zero-order valence-corrected chi connectivity index (χ0v) is 10.2. The molecule has 0 fully saturated rings. The number of carboxylic acids is 1. The van der Waals surface area contributed by atoms with Crippen molar-refractivity contribution in [2.45, 2.75) is 10.6 Å². The number of halogens is 1. The van der Waals surface area contributed by atoms with Gasteiger partial charge in [0, 0.05) is 16.8 Å². The van der Waals surface area contributed by atoms with E-state index in [0.29, 0.717) is 10.6 Å². The number of nitrogens with zero attached hydrogens (tertiary/aromatic N) is 1. The molecule has 2 rings (SSSR count). The second kappa shape index (κ2) is 5.64. The third-order valence-electron chi connectivity index (χ3n) is 2.27. The lowest BCUT2D eigenvalue weighted by atomic mass is 10.2. The Labute approximate surface area is 108 Å². The molecular weight excluding hydrogens is 253 g/mol. The van der Waals surface area contributed by atoms with Crippen molar-refractivity contribution in [1.82, 2.24) is 4.98 Å². The van der Waals surface area contributed by atoms with Gasteiger partial charge < -0.3 is 5.11 Å². The summed E-state index contributed by atoms with van der Waals surface area (Å²) < 4.78 is 12.9. The van der Waals surface area contributed by atoms with Crippen LogP contribution in [0.3, 0.4) is 0 Å². The van der Waals surface area contributed by atoms with Crippen LogP contribution in [0.1, 0.15) is 15.9 Å². The number of aromatic nitrogens is 1. The van der Waals surface area contributed by atoms with Gasteiger partial charge in [0.2, 0.25) is 0 Å². The Morgan fingerprint density at radius 1 is 1.33 bits per heavy atom. The van der Waals surface area contributed by atoms with Gasteiger partial charge in [0.25, 0.3) is 0 Å². The molecule has 0 amide bonds. The highest BCUT2D eigenvalue weighted by atomic mass is 32.2. The lowest BCUT2D eigenvalue weighted by molar-refractivity contribution is 0.0693. The van der Waals surface area contributed by atoms with E-state index >= 15 is 0 Å². The molecule has 0 radical (unpaired) electrons. The van der Waals surface area contributed by atoms with Gasteiger partial charge in [0.05, 0.1) is 11.8 Å². The fraction of sp³-hybridized carbons (Fsp3) is 0.0769. The van der Waals surface area contributed by atoms with Gasteiger partial charge in [0.15, 0.2) is 0 Å². The second-order valence-electron chi connectivity index (χ2n) is 3.60. The van der Waals surface area contributed by atoms with E-state index in [2.05, 4.69) is 4.98 Å². The van der Waals surface area contributed by atoms with Crippen molar-refractivity contribution in [3.63, 3.8) is 0 Å².